The first kappa shape index (κ1) is 13.2. The molecule has 17 heavy (non-hydrogen) atoms. The molecule has 0 atom stereocenters. The van der Waals surface area contributed by atoms with Crippen LogP contribution < -0.4 is 0 Å². The molecule has 3 nitrogen and oxygen atoms in total. The summed E-state index contributed by atoms with van der Waals surface area (Å²) in [6.45, 7) is 5.13. The molecule has 90 valence electrons. The highest BCUT2D eigenvalue weighted by atomic mass is 16.2. The van der Waals surface area contributed by atoms with Crippen LogP contribution in [0.3, 0.4) is 0 Å². The monoisotopic (exact) mass is 231 g/mol. The van der Waals surface area contributed by atoms with Gasteiger partial charge in [-0.2, -0.15) is 0 Å². The molecule has 0 spiro atoms. The van der Waals surface area contributed by atoms with E-state index in [0.29, 0.717) is 18.7 Å². The number of nitrogens with zero attached hydrogens (tertiary/aromatic N) is 1. The summed E-state index contributed by atoms with van der Waals surface area (Å²) in [6, 6.07) is 8.91. The highest BCUT2D eigenvalue weighted by Crippen LogP contribution is 2.01. The first-order valence-electron chi connectivity index (χ1n) is 5.75. The second kappa shape index (κ2) is 6.63. The van der Waals surface area contributed by atoms with Gasteiger partial charge in [-0.3, -0.25) is 9.59 Å². The Hall–Kier alpha value is -1.90. The molecule has 0 fully saturated rings. The number of benzene rings is 1. The van der Waals surface area contributed by atoms with Crippen molar-refractivity contribution in [1.82, 2.24) is 4.90 Å². The summed E-state index contributed by atoms with van der Waals surface area (Å²) in [5.41, 5.74) is 0.594. The molecule has 1 aromatic rings. The Morgan fingerprint density at radius 3 is 2.18 bits per heavy atom. The lowest BCUT2D eigenvalue weighted by Crippen LogP contribution is -2.28. The molecule has 0 unspecified atom stereocenters. The van der Waals surface area contributed by atoms with Crippen LogP contribution in [0.2, 0.25) is 0 Å². The van der Waals surface area contributed by atoms with E-state index in [0.717, 1.165) is 0 Å². The average Bonchev–Trinajstić information content (AvgIpc) is 2.38. The summed E-state index contributed by atoms with van der Waals surface area (Å²) in [6.07, 6.45) is 2.66. The molecule has 0 saturated heterocycles. The normalized spacial score (nSPS) is 10.5. The number of allylic oxidation sites excluding steroid dienone is 1. The summed E-state index contributed by atoms with van der Waals surface area (Å²) in [5, 5.41) is 0. The molecule has 0 heterocycles. The summed E-state index contributed by atoms with van der Waals surface area (Å²) in [4.78, 5) is 25.0. The third-order valence-electron chi connectivity index (χ3n) is 2.51. The second-order valence-corrected chi connectivity index (χ2v) is 3.57. The van der Waals surface area contributed by atoms with Crippen molar-refractivity contribution >= 4 is 11.7 Å². The van der Waals surface area contributed by atoms with Gasteiger partial charge in [-0.15, -0.1) is 0 Å². The molecule has 0 aliphatic carbocycles. The van der Waals surface area contributed by atoms with Gasteiger partial charge in [0.05, 0.1) is 0 Å². The van der Waals surface area contributed by atoms with Crippen LogP contribution in [-0.4, -0.2) is 29.7 Å². The van der Waals surface area contributed by atoms with Gasteiger partial charge in [-0.25, -0.2) is 0 Å². The van der Waals surface area contributed by atoms with Gasteiger partial charge in [-0.1, -0.05) is 30.3 Å². The van der Waals surface area contributed by atoms with E-state index >= 15 is 0 Å². The topological polar surface area (TPSA) is 37.4 Å². The van der Waals surface area contributed by atoms with Crippen LogP contribution in [0, 0.1) is 0 Å². The predicted molar refractivity (Wildman–Crippen MR) is 67.8 cm³/mol. The van der Waals surface area contributed by atoms with Gasteiger partial charge in [0.2, 0.25) is 5.91 Å². The van der Waals surface area contributed by atoms with Gasteiger partial charge < -0.3 is 4.90 Å². The van der Waals surface area contributed by atoms with Crippen molar-refractivity contribution in [2.24, 2.45) is 0 Å². The molecule has 0 radical (unpaired) electrons. The number of hydrogen-bond acceptors (Lipinski definition) is 2. The van der Waals surface area contributed by atoms with E-state index in [4.69, 9.17) is 0 Å². The quantitative estimate of drug-likeness (QED) is 0.576. The van der Waals surface area contributed by atoms with E-state index < -0.39 is 0 Å². The number of hydrogen-bond donors (Lipinski definition) is 0. The first-order valence-corrected chi connectivity index (χ1v) is 5.75. The lowest BCUT2D eigenvalue weighted by molar-refractivity contribution is -0.125. The Labute approximate surface area is 102 Å². The van der Waals surface area contributed by atoms with Crippen molar-refractivity contribution in [3.8, 4) is 0 Å². The van der Waals surface area contributed by atoms with Crippen LogP contribution in [0.1, 0.15) is 24.2 Å². The fraction of sp³-hybridized carbons (Fsp3) is 0.286. The maximum Gasteiger partial charge on any atom is 0.246 e. The summed E-state index contributed by atoms with van der Waals surface area (Å²) in [7, 11) is 0. The third-order valence-corrected chi connectivity index (χ3v) is 2.51. The van der Waals surface area contributed by atoms with E-state index in [1.807, 2.05) is 19.9 Å². The van der Waals surface area contributed by atoms with Crippen LogP contribution >= 0.6 is 0 Å². The smallest absolute Gasteiger partial charge is 0.246 e. The van der Waals surface area contributed by atoms with Crippen LogP contribution in [0.5, 0.6) is 0 Å². The molecule has 1 aromatic carbocycles. The molecule has 0 bridgehead atoms. The van der Waals surface area contributed by atoms with Crippen molar-refractivity contribution in [3.63, 3.8) is 0 Å². The average molecular weight is 231 g/mol. The lowest BCUT2D eigenvalue weighted by Gasteiger charge is -2.15. The molecular weight excluding hydrogens is 214 g/mol. The van der Waals surface area contributed by atoms with E-state index in [2.05, 4.69) is 0 Å². The molecular formula is C14H17NO2. The zero-order valence-electron chi connectivity index (χ0n) is 10.2. The minimum atomic E-state index is -0.147. The Kier molecular flexibility index (Phi) is 5.14. The number of amides is 1. The number of likely N-dealkylation sites (N-methyl/N-ethyl adjacent to an activating group) is 1. The maximum atomic E-state index is 11.7. The highest BCUT2D eigenvalue weighted by Gasteiger charge is 2.06. The molecule has 1 amide bonds. The fourth-order valence-corrected chi connectivity index (χ4v) is 1.49. The minimum Gasteiger partial charge on any atom is -0.340 e. The Morgan fingerprint density at radius 2 is 1.65 bits per heavy atom. The van der Waals surface area contributed by atoms with Crippen molar-refractivity contribution in [1.29, 1.82) is 0 Å². The van der Waals surface area contributed by atoms with Crippen molar-refractivity contribution in [2.75, 3.05) is 13.1 Å². The summed E-state index contributed by atoms with van der Waals surface area (Å²) < 4.78 is 0. The van der Waals surface area contributed by atoms with E-state index in [-0.39, 0.29) is 11.7 Å². The van der Waals surface area contributed by atoms with Crippen LogP contribution in [0.15, 0.2) is 42.5 Å². The highest BCUT2D eigenvalue weighted by molar-refractivity contribution is 6.07. The molecule has 0 aliphatic rings. The second-order valence-electron chi connectivity index (χ2n) is 3.57. The van der Waals surface area contributed by atoms with E-state index in [1.165, 1.54) is 12.2 Å². The number of ketones is 1. The molecule has 0 N–H and O–H groups in total. The zero-order chi connectivity index (χ0) is 12.7. The van der Waals surface area contributed by atoms with E-state index in [1.54, 1.807) is 29.2 Å². The molecule has 0 aliphatic heterocycles. The molecule has 0 saturated carbocycles. The van der Waals surface area contributed by atoms with Crippen molar-refractivity contribution in [2.45, 2.75) is 13.8 Å². The van der Waals surface area contributed by atoms with E-state index in [9.17, 15) is 9.59 Å². The summed E-state index contributed by atoms with van der Waals surface area (Å²) >= 11 is 0. The van der Waals surface area contributed by atoms with Crippen LogP contribution in [0.25, 0.3) is 0 Å². The maximum absolute atomic E-state index is 11.7. The van der Waals surface area contributed by atoms with Gasteiger partial charge >= 0.3 is 0 Å². The van der Waals surface area contributed by atoms with Gasteiger partial charge in [-0.05, 0) is 19.9 Å². The standard InChI is InChI=1S/C14H17NO2/c1-3-15(4-2)14(17)11-10-13(16)12-8-6-5-7-9-12/h5-11H,3-4H2,1-2H3/b11-10+. The van der Waals surface area contributed by atoms with Crippen LogP contribution in [-0.2, 0) is 4.79 Å². The van der Waals surface area contributed by atoms with Gasteiger partial charge in [0.25, 0.3) is 0 Å². The first-order chi connectivity index (χ1) is 8.19. The Bertz CT molecular complexity index is 405. The van der Waals surface area contributed by atoms with Gasteiger partial charge in [0, 0.05) is 24.7 Å². The lowest BCUT2D eigenvalue weighted by atomic mass is 10.1. The molecule has 3 heteroatoms. The van der Waals surface area contributed by atoms with Gasteiger partial charge in [0.1, 0.15) is 0 Å². The predicted octanol–water partition coefficient (Wildman–Crippen LogP) is 2.29. The molecule has 0 aromatic heterocycles. The van der Waals surface area contributed by atoms with Crippen LogP contribution in [0.4, 0.5) is 0 Å². The Balaban J connectivity index is 2.66. The summed E-state index contributed by atoms with van der Waals surface area (Å²) in [5.74, 6) is -0.273. The molecule has 1 rings (SSSR count). The number of rotatable bonds is 5. The van der Waals surface area contributed by atoms with Crippen molar-refractivity contribution < 1.29 is 9.59 Å². The van der Waals surface area contributed by atoms with Crippen molar-refractivity contribution in [3.05, 3.63) is 48.0 Å². The SMILES string of the molecule is CCN(CC)C(=O)/C=C/C(=O)c1ccccc1. The number of carbonyl (C=O) groups is 2. The zero-order valence-corrected chi connectivity index (χ0v) is 10.2. The Morgan fingerprint density at radius 1 is 1.06 bits per heavy atom. The minimum absolute atomic E-state index is 0.126. The number of carbonyl (C=O) groups excluding carboxylic acids is 2. The van der Waals surface area contributed by atoms with Gasteiger partial charge in [0.15, 0.2) is 5.78 Å². The third kappa shape index (κ3) is 3.87. The fourth-order valence-electron chi connectivity index (χ4n) is 1.49. The largest absolute Gasteiger partial charge is 0.340 e.